The highest BCUT2D eigenvalue weighted by molar-refractivity contribution is 5.86. The van der Waals surface area contributed by atoms with Crippen LogP contribution in [0.3, 0.4) is 0 Å². The van der Waals surface area contributed by atoms with Crippen molar-refractivity contribution in [2.24, 2.45) is 0 Å². The molecule has 0 aromatic heterocycles. The van der Waals surface area contributed by atoms with Crippen molar-refractivity contribution in [2.75, 3.05) is 49.2 Å². The zero-order valence-electron chi connectivity index (χ0n) is 16.1. The van der Waals surface area contributed by atoms with Crippen LogP contribution in [0.2, 0.25) is 0 Å². The zero-order valence-corrected chi connectivity index (χ0v) is 16.1. The summed E-state index contributed by atoms with van der Waals surface area (Å²) < 4.78 is 5.47. The van der Waals surface area contributed by atoms with E-state index in [1.807, 2.05) is 0 Å². The number of rotatable bonds is 5. The maximum atomic E-state index is 5.47. The molecule has 0 bridgehead atoms. The van der Waals surface area contributed by atoms with E-state index in [1.54, 1.807) is 0 Å². The second-order valence-corrected chi connectivity index (χ2v) is 7.42. The standard InChI is InChI=1S/C24H25N3O/c1-2-9-22-20(6-1)7-5-8-21(22)18-27-19-26(23-10-3-4-11-24(23)27)13-12-25-14-16-28-17-15-25/h1-11H,12-18H2. The Morgan fingerprint density at radius 1 is 0.750 bits per heavy atom. The maximum absolute atomic E-state index is 5.47. The van der Waals surface area contributed by atoms with Gasteiger partial charge in [0.1, 0.15) is 0 Å². The summed E-state index contributed by atoms with van der Waals surface area (Å²) in [5.74, 6) is 0. The van der Waals surface area contributed by atoms with Gasteiger partial charge in [0.2, 0.25) is 6.67 Å². The van der Waals surface area contributed by atoms with Crippen molar-refractivity contribution < 1.29 is 4.74 Å². The SMILES string of the molecule is [C]1N(CCN2CCOCC2)c2ccccc2N1Cc1cccc2ccccc12. The van der Waals surface area contributed by atoms with E-state index in [4.69, 9.17) is 4.74 Å². The molecule has 28 heavy (non-hydrogen) atoms. The van der Waals surface area contributed by atoms with E-state index < -0.39 is 0 Å². The summed E-state index contributed by atoms with van der Waals surface area (Å²) in [6.07, 6.45) is 0. The van der Waals surface area contributed by atoms with E-state index in [-0.39, 0.29) is 0 Å². The van der Waals surface area contributed by atoms with Gasteiger partial charge in [0.25, 0.3) is 0 Å². The van der Waals surface area contributed by atoms with Crippen molar-refractivity contribution in [3.8, 4) is 0 Å². The zero-order chi connectivity index (χ0) is 18.8. The molecule has 4 heteroatoms. The summed E-state index contributed by atoms with van der Waals surface area (Å²) in [5, 5.41) is 2.60. The highest BCUT2D eigenvalue weighted by Gasteiger charge is 2.28. The van der Waals surface area contributed by atoms with Crippen LogP contribution in [0.5, 0.6) is 0 Å². The van der Waals surface area contributed by atoms with Crippen LogP contribution in [0.1, 0.15) is 5.56 Å². The molecule has 0 saturated carbocycles. The van der Waals surface area contributed by atoms with Gasteiger partial charge in [0.15, 0.2) is 0 Å². The van der Waals surface area contributed by atoms with Gasteiger partial charge in [-0.2, -0.15) is 0 Å². The van der Waals surface area contributed by atoms with Crippen LogP contribution in [0, 0.1) is 6.67 Å². The second-order valence-electron chi connectivity index (χ2n) is 7.42. The first-order chi connectivity index (χ1) is 13.9. The lowest BCUT2D eigenvalue weighted by Gasteiger charge is -2.29. The number of fused-ring (bicyclic) bond motifs is 2. The Morgan fingerprint density at radius 3 is 2.32 bits per heavy atom. The van der Waals surface area contributed by atoms with E-state index >= 15 is 0 Å². The monoisotopic (exact) mass is 371 g/mol. The molecule has 0 atom stereocenters. The van der Waals surface area contributed by atoms with E-state index in [9.17, 15) is 0 Å². The summed E-state index contributed by atoms with van der Waals surface area (Å²) in [7, 11) is 0. The van der Waals surface area contributed by atoms with Crippen LogP contribution >= 0.6 is 0 Å². The predicted molar refractivity (Wildman–Crippen MR) is 114 cm³/mol. The minimum atomic E-state index is 0.826. The Bertz CT molecular complexity index is 946. The van der Waals surface area contributed by atoms with Crippen molar-refractivity contribution in [3.63, 3.8) is 0 Å². The molecule has 2 heterocycles. The van der Waals surface area contributed by atoms with Crippen molar-refractivity contribution in [1.82, 2.24) is 4.90 Å². The van der Waals surface area contributed by atoms with Gasteiger partial charge in [-0.3, -0.25) is 4.90 Å². The molecule has 0 spiro atoms. The molecule has 1 fully saturated rings. The number of hydrogen-bond acceptors (Lipinski definition) is 4. The normalized spacial score (nSPS) is 17.3. The lowest BCUT2D eigenvalue weighted by Crippen LogP contribution is -2.41. The second kappa shape index (κ2) is 7.82. The fourth-order valence-corrected chi connectivity index (χ4v) is 4.13. The average Bonchev–Trinajstić information content (AvgIpc) is 3.11. The number of hydrogen-bond donors (Lipinski definition) is 0. The molecule has 4 nitrogen and oxygen atoms in total. The van der Waals surface area contributed by atoms with Crippen LogP contribution in [0.15, 0.2) is 66.7 Å². The van der Waals surface area contributed by atoms with Crippen LogP contribution in [0.25, 0.3) is 10.8 Å². The summed E-state index contributed by atoms with van der Waals surface area (Å²) in [6, 6.07) is 23.8. The summed E-state index contributed by atoms with van der Waals surface area (Å²) in [4.78, 5) is 7.01. The first kappa shape index (κ1) is 17.5. The topological polar surface area (TPSA) is 19.0 Å². The Kier molecular flexibility index (Phi) is 4.90. The molecule has 142 valence electrons. The van der Waals surface area contributed by atoms with Gasteiger partial charge in [-0.05, 0) is 28.5 Å². The summed E-state index contributed by atoms with van der Waals surface area (Å²) in [6.45, 7) is 10.2. The van der Waals surface area contributed by atoms with Crippen molar-refractivity contribution >= 4 is 22.1 Å². The molecule has 0 amide bonds. The van der Waals surface area contributed by atoms with Crippen LogP contribution in [0.4, 0.5) is 11.4 Å². The van der Waals surface area contributed by atoms with Crippen molar-refractivity contribution in [3.05, 3.63) is 79.0 Å². The Hall–Kier alpha value is -2.56. The molecule has 1 saturated heterocycles. The highest BCUT2D eigenvalue weighted by Crippen LogP contribution is 2.39. The van der Waals surface area contributed by atoms with Gasteiger partial charge >= 0.3 is 0 Å². The van der Waals surface area contributed by atoms with Crippen molar-refractivity contribution in [2.45, 2.75) is 6.54 Å². The molecular formula is C24H25N3O. The number of ether oxygens (including phenoxy) is 1. The Morgan fingerprint density at radius 2 is 1.46 bits per heavy atom. The molecule has 2 aliphatic heterocycles. The minimum absolute atomic E-state index is 0.826. The molecule has 5 rings (SSSR count). The maximum Gasteiger partial charge on any atom is 0.209 e. The average molecular weight is 371 g/mol. The fraction of sp³-hybridized carbons (Fsp3) is 0.292. The lowest BCUT2D eigenvalue weighted by molar-refractivity contribution is 0.0393. The molecule has 3 aromatic carbocycles. The lowest BCUT2D eigenvalue weighted by atomic mass is 10.0. The molecule has 2 radical (unpaired) electrons. The Labute approximate surface area is 166 Å². The van der Waals surface area contributed by atoms with Gasteiger partial charge in [-0.25, -0.2) is 0 Å². The first-order valence-corrected chi connectivity index (χ1v) is 10.1. The first-order valence-electron chi connectivity index (χ1n) is 10.1. The van der Waals surface area contributed by atoms with Gasteiger partial charge in [0, 0.05) is 32.7 Å². The number of para-hydroxylation sites is 2. The largest absolute Gasteiger partial charge is 0.379 e. The van der Waals surface area contributed by atoms with Gasteiger partial charge in [-0.15, -0.1) is 0 Å². The third-order valence-electron chi connectivity index (χ3n) is 5.66. The van der Waals surface area contributed by atoms with Gasteiger partial charge in [-0.1, -0.05) is 54.6 Å². The number of nitrogens with zero attached hydrogens (tertiary/aromatic N) is 3. The molecule has 0 aliphatic carbocycles. The fourth-order valence-electron chi connectivity index (χ4n) is 4.13. The van der Waals surface area contributed by atoms with E-state index in [2.05, 4.69) is 88.1 Å². The van der Waals surface area contributed by atoms with Crippen LogP contribution in [-0.4, -0.2) is 44.3 Å². The summed E-state index contributed by atoms with van der Waals surface area (Å²) >= 11 is 0. The van der Waals surface area contributed by atoms with Crippen LogP contribution in [-0.2, 0) is 11.3 Å². The molecule has 2 aliphatic rings. The number of benzene rings is 3. The van der Waals surface area contributed by atoms with E-state index in [0.717, 1.165) is 45.9 Å². The highest BCUT2D eigenvalue weighted by atomic mass is 16.5. The third-order valence-corrected chi connectivity index (χ3v) is 5.66. The Balaban J connectivity index is 1.35. The quantitative estimate of drug-likeness (QED) is 0.675. The minimum Gasteiger partial charge on any atom is -0.379 e. The van der Waals surface area contributed by atoms with Gasteiger partial charge < -0.3 is 14.5 Å². The van der Waals surface area contributed by atoms with E-state index in [0.29, 0.717) is 0 Å². The van der Waals surface area contributed by atoms with Crippen LogP contribution < -0.4 is 9.80 Å². The van der Waals surface area contributed by atoms with Gasteiger partial charge in [0.05, 0.1) is 24.6 Å². The third kappa shape index (κ3) is 3.46. The molecular weight excluding hydrogens is 346 g/mol. The molecule has 0 N–H and O–H groups in total. The molecule has 3 aromatic rings. The number of morpholine rings is 1. The predicted octanol–water partition coefficient (Wildman–Crippen LogP) is 3.99. The smallest absolute Gasteiger partial charge is 0.209 e. The van der Waals surface area contributed by atoms with E-state index in [1.165, 1.54) is 27.7 Å². The number of anilines is 2. The molecule has 0 unspecified atom stereocenters. The summed E-state index contributed by atoms with van der Waals surface area (Å²) in [5.41, 5.74) is 3.81. The van der Waals surface area contributed by atoms with Crippen molar-refractivity contribution in [1.29, 1.82) is 0 Å².